The maximum Gasteiger partial charge on any atom is 0.0664 e. The highest BCUT2D eigenvalue weighted by Crippen LogP contribution is 2.15. The van der Waals surface area contributed by atoms with E-state index in [4.69, 9.17) is 0 Å². The molecule has 3 nitrogen and oxygen atoms in total. The molecule has 1 aromatic heterocycles. The summed E-state index contributed by atoms with van der Waals surface area (Å²) in [7, 11) is 0. The third-order valence-corrected chi connectivity index (χ3v) is 5.10. The Bertz CT molecular complexity index is 825. The van der Waals surface area contributed by atoms with Crippen LogP contribution in [0.3, 0.4) is 0 Å². The third kappa shape index (κ3) is 5.56. The lowest BCUT2D eigenvalue weighted by atomic mass is 10.1. The van der Waals surface area contributed by atoms with Gasteiger partial charge in [-0.2, -0.15) is 0 Å². The van der Waals surface area contributed by atoms with Gasteiger partial charge in [-0.25, -0.2) is 0 Å². The molecule has 2 aromatic carbocycles. The molecule has 1 heterocycles. The smallest absolute Gasteiger partial charge is 0.0664 e. The molecule has 0 aliphatic rings. The molecular weight excluding hydrogens is 332 g/mol. The van der Waals surface area contributed by atoms with E-state index in [0.29, 0.717) is 6.54 Å². The van der Waals surface area contributed by atoms with Gasteiger partial charge in [-0.15, -0.1) is 0 Å². The molecule has 0 amide bonds. The summed E-state index contributed by atoms with van der Waals surface area (Å²) in [5.41, 5.74) is 5.22. The normalized spacial score (nSPS) is 12.4. The summed E-state index contributed by atoms with van der Waals surface area (Å²) in [5, 5.41) is 10.2. The van der Waals surface area contributed by atoms with Crippen LogP contribution in [-0.2, 0) is 19.6 Å². The van der Waals surface area contributed by atoms with Crippen LogP contribution in [0.15, 0.2) is 72.9 Å². The molecular formula is C24H30N2O. The van der Waals surface area contributed by atoms with Crippen molar-refractivity contribution in [2.75, 3.05) is 6.54 Å². The fraction of sp³-hybridized carbons (Fsp3) is 0.333. The lowest BCUT2D eigenvalue weighted by Gasteiger charge is -2.25. The standard InChI is InChI=1S/C24H30N2O/c1-3-24(27)19-25(16-21-11-5-4-6-12-21)18-23-14-9-15-26(23)17-22-13-8-7-10-20(22)2/h4-15,24,27H,3,16-19H2,1-2H3/t24-/m1/s1. The predicted molar refractivity (Wildman–Crippen MR) is 112 cm³/mol. The molecule has 3 rings (SSSR count). The van der Waals surface area contributed by atoms with E-state index < -0.39 is 0 Å². The summed E-state index contributed by atoms with van der Waals surface area (Å²) >= 11 is 0. The molecule has 3 aromatic rings. The largest absolute Gasteiger partial charge is 0.392 e. The first-order valence-electron chi connectivity index (χ1n) is 9.78. The molecule has 1 atom stereocenters. The van der Waals surface area contributed by atoms with Crippen molar-refractivity contribution in [3.63, 3.8) is 0 Å². The molecule has 142 valence electrons. The van der Waals surface area contributed by atoms with Crippen molar-refractivity contribution in [2.45, 2.75) is 46.0 Å². The van der Waals surface area contributed by atoms with E-state index in [1.165, 1.54) is 22.4 Å². The van der Waals surface area contributed by atoms with E-state index in [-0.39, 0.29) is 6.10 Å². The highest BCUT2D eigenvalue weighted by atomic mass is 16.3. The molecule has 0 saturated carbocycles. The number of aliphatic hydroxyl groups is 1. The number of aromatic nitrogens is 1. The van der Waals surface area contributed by atoms with Crippen molar-refractivity contribution in [3.05, 3.63) is 95.3 Å². The van der Waals surface area contributed by atoms with Crippen molar-refractivity contribution in [1.29, 1.82) is 0 Å². The van der Waals surface area contributed by atoms with Crippen LogP contribution in [0, 0.1) is 6.92 Å². The lowest BCUT2D eigenvalue weighted by Crippen LogP contribution is -2.32. The molecule has 0 fully saturated rings. The Morgan fingerprint density at radius 2 is 1.67 bits per heavy atom. The number of nitrogens with zero attached hydrogens (tertiary/aromatic N) is 2. The van der Waals surface area contributed by atoms with E-state index in [2.05, 4.69) is 83.3 Å². The molecule has 3 heteroatoms. The van der Waals surface area contributed by atoms with Gasteiger partial charge in [0.2, 0.25) is 0 Å². The monoisotopic (exact) mass is 362 g/mol. The van der Waals surface area contributed by atoms with Gasteiger partial charge in [-0.05, 0) is 42.2 Å². The van der Waals surface area contributed by atoms with E-state index >= 15 is 0 Å². The molecule has 27 heavy (non-hydrogen) atoms. The fourth-order valence-corrected chi connectivity index (χ4v) is 3.40. The Labute approximate surface area is 162 Å². The minimum atomic E-state index is -0.298. The van der Waals surface area contributed by atoms with E-state index in [1.807, 2.05) is 13.0 Å². The molecule has 0 bridgehead atoms. The molecule has 0 aliphatic heterocycles. The van der Waals surface area contributed by atoms with Crippen molar-refractivity contribution in [2.24, 2.45) is 0 Å². The SMILES string of the molecule is CC[C@@H](O)CN(Cc1ccccc1)Cc1cccn1Cc1ccccc1C. The molecule has 0 radical (unpaired) electrons. The first-order chi connectivity index (χ1) is 13.2. The number of rotatable bonds is 9. The highest BCUT2D eigenvalue weighted by Gasteiger charge is 2.14. The van der Waals surface area contributed by atoms with Crippen molar-refractivity contribution in [3.8, 4) is 0 Å². The number of benzene rings is 2. The second kappa shape index (κ2) is 9.54. The van der Waals surface area contributed by atoms with Gasteiger partial charge in [0, 0.05) is 38.1 Å². The number of aliphatic hydroxyl groups excluding tert-OH is 1. The second-order valence-corrected chi connectivity index (χ2v) is 7.27. The summed E-state index contributed by atoms with van der Waals surface area (Å²) < 4.78 is 2.32. The zero-order valence-electron chi connectivity index (χ0n) is 16.4. The van der Waals surface area contributed by atoms with Crippen LogP contribution in [-0.4, -0.2) is 27.2 Å². The van der Waals surface area contributed by atoms with Gasteiger partial charge in [0.1, 0.15) is 0 Å². The van der Waals surface area contributed by atoms with Gasteiger partial charge in [-0.3, -0.25) is 4.90 Å². The first-order valence-corrected chi connectivity index (χ1v) is 9.78. The lowest BCUT2D eigenvalue weighted by molar-refractivity contribution is 0.100. The highest BCUT2D eigenvalue weighted by molar-refractivity contribution is 5.26. The van der Waals surface area contributed by atoms with Gasteiger partial charge in [0.05, 0.1) is 6.10 Å². The Morgan fingerprint density at radius 3 is 2.41 bits per heavy atom. The van der Waals surface area contributed by atoms with E-state index in [9.17, 15) is 5.11 Å². The van der Waals surface area contributed by atoms with Crippen LogP contribution in [0.4, 0.5) is 0 Å². The van der Waals surface area contributed by atoms with Crippen LogP contribution in [0.1, 0.15) is 35.7 Å². The van der Waals surface area contributed by atoms with Crippen molar-refractivity contribution >= 4 is 0 Å². The number of hydrogen-bond acceptors (Lipinski definition) is 2. The Morgan fingerprint density at radius 1 is 0.926 bits per heavy atom. The van der Waals surface area contributed by atoms with Crippen LogP contribution < -0.4 is 0 Å². The Hall–Kier alpha value is -2.36. The predicted octanol–water partition coefficient (Wildman–Crippen LogP) is 4.62. The summed E-state index contributed by atoms with van der Waals surface area (Å²) in [4.78, 5) is 2.34. The van der Waals surface area contributed by atoms with Gasteiger partial charge >= 0.3 is 0 Å². The van der Waals surface area contributed by atoms with Gasteiger partial charge in [-0.1, -0.05) is 61.5 Å². The zero-order chi connectivity index (χ0) is 19.1. The van der Waals surface area contributed by atoms with Gasteiger partial charge < -0.3 is 9.67 Å². The molecule has 0 spiro atoms. The minimum Gasteiger partial charge on any atom is -0.392 e. The maximum absolute atomic E-state index is 10.2. The fourth-order valence-electron chi connectivity index (χ4n) is 3.40. The van der Waals surface area contributed by atoms with Gasteiger partial charge in [0.25, 0.3) is 0 Å². The molecule has 1 N–H and O–H groups in total. The van der Waals surface area contributed by atoms with Crippen molar-refractivity contribution in [1.82, 2.24) is 9.47 Å². The average molecular weight is 363 g/mol. The van der Waals surface area contributed by atoms with Crippen LogP contribution in [0.5, 0.6) is 0 Å². The third-order valence-electron chi connectivity index (χ3n) is 5.10. The summed E-state index contributed by atoms with van der Waals surface area (Å²) in [6, 6.07) is 23.3. The summed E-state index contributed by atoms with van der Waals surface area (Å²) in [5.74, 6) is 0. The number of aryl methyl sites for hydroxylation is 1. The molecule has 0 unspecified atom stereocenters. The molecule has 0 saturated heterocycles. The summed E-state index contributed by atoms with van der Waals surface area (Å²) in [6.07, 6.45) is 2.63. The maximum atomic E-state index is 10.2. The zero-order valence-corrected chi connectivity index (χ0v) is 16.4. The van der Waals surface area contributed by atoms with Crippen LogP contribution in [0.2, 0.25) is 0 Å². The Kier molecular flexibility index (Phi) is 6.86. The first kappa shape index (κ1) is 19.4. The summed E-state index contributed by atoms with van der Waals surface area (Å²) in [6.45, 7) is 7.42. The Balaban J connectivity index is 1.75. The average Bonchev–Trinajstić information content (AvgIpc) is 3.11. The van der Waals surface area contributed by atoms with E-state index in [0.717, 1.165) is 26.1 Å². The van der Waals surface area contributed by atoms with E-state index in [1.54, 1.807) is 0 Å². The van der Waals surface area contributed by atoms with Crippen molar-refractivity contribution < 1.29 is 5.11 Å². The topological polar surface area (TPSA) is 28.4 Å². The minimum absolute atomic E-state index is 0.298. The molecule has 0 aliphatic carbocycles. The van der Waals surface area contributed by atoms with Gasteiger partial charge in [0.15, 0.2) is 0 Å². The second-order valence-electron chi connectivity index (χ2n) is 7.27. The van der Waals surface area contributed by atoms with Crippen LogP contribution >= 0.6 is 0 Å². The van der Waals surface area contributed by atoms with Crippen LogP contribution in [0.25, 0.3) is 0 Å². The number of hydrogen-bond donors (Lipinski definition) is 1. The quantitative estimate of drug-likeness (QED) is 0.602.